The number of hydrogen-bond donors (Lipinski definition) is 2. The van der Waals surface area contributed by atoms with Crippen LogP contribution in [0.1, 0.15) is 29.5 Å². The molecule has 47 heavy (non-hydrogen) atoms. The highest BCUT2D eigenvalue weighted by Gasteiger charge is 2.26. The molecular weight excluding hydrogens is 602 g/mol. The Kier molecular flexibility index (Phi) is 15.3. The molecule has 2 atom stereocenters. The van der Waals surface area contributed by atoms with Crippen molar-refractivity contribution in [2.24, 2.45) is 5.73 Å². The number of benzene rings is 3. The van der Waals surface area contributed by atoms with E-state index in [0.717, 1.165) is 16.7 Å². The van der Waals surface area contributed by atoms with Gasteiger partial charge >= 0.3 is 5.97 Å². The lowest BCUT2D eigenvalue weighted by Crippen LogP contribution is -2.49. The number of amides is 2. The second-order valence-corrected chi connectivity index (χ2v) is 10.7. The van der Waals surface area contributed by atoms with Crippen molar-refractivity contribution in [1.82, 2.24) is 10.2 Å². The van der Waals surface area contributed by atoms with Crippen LogP contribution in [0.4, 0.5) is 0 Å². The number of nitrogens with zero attached hydrogens (tertiary/aromatic N) is 1. The molecule has 0 radical (unpaired) electrons. The molecule has 252 valence electrons. The maximum absolute atomic E-state index is 13.5. The molecule has 3 aromatic carbocycles. The average molecular weight is 648 g/mol. The van der Waals surface area contributed by atoms with Gasteiger partial charge in [0.2, 0.25) is 11.8 Å². The van der Waals surface area contributed by atoms with Gasteiger partial charge in [-0.15, -0.1) is 0 Å². The van der Waals surface area contributed by atoms with E-state index >= 15 is 0 Å². The van der Waals surface area contributed by atoms with Crippen molar-refractivity contribution in [3.8, 4) is 17.2 Å². The van der Waals surface area contributed by atoms with Gasteiger partial charge in [0, 0.05) is 38.2 Å². The third kappa shape index (κ3) is 12.1. The Morgan fingerprint density at radius 2 is 1.57 bits per heavy atom. The first kappa shape index (κ1) is 36.6. The lowest BCUT2D eigenvalue weighted by molar-refractivity contribution is -0.145. The van der Waals surface area contributed by atoms with Crippen molar-refractivity contribution in [3.05, 3.63) is 102 Å². The Morgan fingerprint density at radius 1 is 0.872 bits per heavy atom. The van der Waals surface area contributed by atoms with E-state index in [9.17, 15) is 14.4 Å². The maximum atomic E-state index is 13.5. The molecule has 2 amide bonds. The molecule has 3 N–H and O–H groups in total. The van der Waals surface area contributed by atoms with Gasteiger partial charge in [0.15, 0.2) is 0 Å². The zero-order valence-electron chi connectivity index (χ0n) is 27.5. The summed E-state index contributed by atoms with van der Waals surface area (Å²) in [6.07, 6.45) is 4.00. The predicted octanol–water partition coefficient (Wildman–Crippen LogP) is 3.82. The maximum Gasteiger partial charge on any atom is 0.328 e. The lowest BCUT2D eigenvalue weighted by Gasteiger charge is -2.24. The van der Waals surface area contributed by atoms with Crippen LogP contribution in [-0.4, -0.2) is 76.4 Å². The van der Waals surface area contributed by atoms with Gasteiger partial charge in [-0.2, -0.15) is 0 Å². The molecule has 0 aliphatic carbocycles. The summed E-state index contributed by atoms with van der Waals surface area (Å²) < 4.78 is 26.7. The second-order valence-electron chi connectivity index (χ2n) is 10.7. The molecule has 0 aliphatic rings. The van der Waals surface area contributed by atoms with Gasteiger partial charge in [-0.1, -0.05) is 48.5 Å². The highest BCUT2D eigenvalue weighted by atomic mass is 16.5. The summed E-state index contributed by atoms with van der Waals surface area (Å²) in [5.74, 6) is 0.650. The van der Waals surface area contributed by atoms with Crippen LogP contribution in [-0.2, 0) is 43.4 Å². The van der Waals surface area contributed by atoms with Crippen molar-refractivity contribution < 1.29 is 38.1 Å². The number of nitrogens with one attached hydrogen (secondary N) is 1. The fourth-order valence-electron chi connectivity index (χ4n) is 4.74. The summed E-state index contributed by atoms with van der Waals surface area (Å²) in [5.41, 5.74) is 8.80. The third-order valence-electron chi connectivity index (χ3n) is 7.37. The summed E-state index contributed by atoms with van der Waals surface area (Å²) in [6, 6.07) is 20.4. The zero-order valence-corrected chi connectivity index (χ0v) is 27.5. The van der Waals surface area contributed by atoms with Crippen molar-refractivity contribution in [2.75, 3.05) is 41.6 Å². The number of ether oxygens (including phenoxy) is 5. The van der Waals surface area contributed by atoms with Crippen LogP contribution in [0.2, 0.25) is 0 Å². The smallest absolute Gasteiger partial charge is 0.328 e. The lowest BCUT2D eigenvalue weighted by atomic mass is 10.0. The average Bonchev–Trinajstić information content (AvgIpc) is 3.10. The van der Waals surface area contributed by atoms with Crippen molar-refractivity contribution >= 4 is 17.8 Å². The van der Waals surface area contributed by atoms with Gasteiger partial charge in [0.1, 0.15) is 29.9 Å². The normalized spacial score (nSPS) is 12.2. The number of nitrogens with two attached hydrogens (primary N) is 1. The van der Waals surface area contributed by atoms with E-state index < -0.39 is 24.0 Å². The van der Waals surface area contributed by atoms with Crippen molar-refractivity contribution in [3.63, 3.8) is 0 Å². The predicted molar refractivity (Wildman–Crippen MR) is 178 cm³/mol. The van der Waals surface area contributed by atoms with Crippen LogP contribution >= 0.6 is 0 Å². The van der Waals surface area contributed by atoms with E-state index in [2.05, 4.69) is 5.32 Å². The summed E-state index contributed by atoms with van der Waals surface area (Å²) in [6.45, 7) is 1.25. The molecule has 0 spiro atoms. The fourth-order valence-corrected chi connectivity index (χ4v) is 4.74. The Morgan fingerprint density at radius 3 is 2.23 bits per heavy atom. The summed E-state index contributed by atoms with van der Waals surface area (Å²) in [5, 5.41) is 2.67. The van der Waals surface area contributed by atoms with Gasteiger partial charge in [-0.3, -0.25) is 9.59 Å². The second kappa shape index (κ2) is 19.6. The molecule has 0 fully saturated rings. The van der Waals surface area contributed by atoms with E-state index in [-0.39, 0.29) is 31.9 Å². The summed E-state index contributed by atoms with van der Waals surface area (Å²) in [7, 11) is 6.03. The molecule has 0 unspecified atom stereocenters. The van der Waals surface area contributed by atoms with Gasteiger partial charge < -0.3 is 39.6 Å². The number of carbonyl (C=O) groups is 3. The minimum atomic E-state index is -1.03. The topological polar surface area (TPSA) is 139 Å². The van der Waals surface area contributed by atoms with E-state index in [0.29, 0.717) is 36.8 Å². The largest absolute Gasteiger partial charge is 0.497 e. The Labute approximate surface area is 276 Å². The molecule has 3 aromatic rings. The molecule has 0 heterocycles. The Balaban J connectivity index is 1.66. The minimum absolute atomic E-state index is 0.0152. The fraction of sp³-hybridized carbons (Fsp3) is 0.361. The van der Waals surface area contributed by atoms with Crippen LogP contribution in [0, 0.1) is 0 Å². The molecule has 0 bridgehead atoms. The van der Waals surface area contributed by atoms with Crippen molar-refractivity contribution in [2.45, 2.75) is 44.5 Å². The van der Waals surface area contributed by atoms with Gasteiger partial charge in [-0.05, 0) is 54.3 Å². The van der Waals surface area contributed by atoms with Crippen LogP contribution in [0.15, 0.2) is 84.9 Å². The molecule has 0 saturated carbocycles. The first-order valence-electron chi connectivity index (χ1n) is 15.3. The number of esters is 1. The van der Waals surface area contributed by atoms with E-state index in [1.165, 1.54) is 7.11 Å². The van der Waals surface area contributed by atoms with Crippen LogP contribution < -0.4 is 25.3 Å². The van der Waals surface area contributed by atoms with E-state index in [1.54, 1.807) is 32.3 Å². The molecule has 0 aromatic heterocycles. The van der Waals surface area contributed by atoms with Crippen LogP contribution in [0.5, 0.6) is 17.2 Å². The first-order valence-corrected chi connectivity index (χ1v) is 15.3. The monoisotopic (exact) mass is 647 g/mol. The van der Waals surface area contributed by atoms with Gasteiger partial charge in [0.25, 0.3) is 0 Å². The molecule has 11 nitrogen and oxygen atoms in total. The molecular formula is C36H45N3O8. The zero-order chi connectivity index (χ0) is 34.0. The Bertz CT molecular complexity index is 1450. The van der Waals surface area contributed by atoms with Gasteiger partial charge in [-0.25, -0.2) is 4.79 Å². The van der Waals surface area contributed by atoms with E-state index in [4.69, 9.17) is 29.4 Å². The highest BCUT2D eigenvalue weighted by molar-refractivity contribution is 5.88. The summed E-state index contributed by atoms with van der Waals surface area (Å²) in [4.78, 5) is 40.6. The number of methoxy groups -OCH3 is 4. The van der Waals surface area contributed by atoms with Crippen LogP contribution in [0.3, 0.4) is 0 Å². The molecule has 0 saturated heterocycles. The SMILES string of the molecule is COCc1ccc(OC)cc1OC/C=C\CN(Cc1ccc(OC)cc1)C(=O)CC[C@H](NC(=O)[C@H](N)Cc1ccccc1)C(=O)OC. The molecule has 0 aliphatic heterocycles. The Hall–Kier alpha value is -4.87. The number of rotatable bonds is 19. The van der Waals surface area contributed by atoms with E-state index in [1.807, 2.05) is 78.9 Å². The molecule has 3 rings (SSSR count). The standard InChI is InChI=1S/C36H45N3O8/c1-43-25-28-14-17-30(45-3)23-33(28)47-21-9-8-20-39(24-27-12-15-29(44-2)16-13-27)34(40)19-18-32(36(42)46-4)38-35(41)31(37)22-26-10-6-5-7-11-26/h5-17,23,31-32H,18-22,24-25,37H2,1-4H3,(H,38,41)/b9-8-/t31-,32+/m1/s1. The number of carbonyl (C=O) groups excluding carboxylic acids is 3. The minimum Gasteiger partial charge on any atom is -0.497 e. The quantitative estimate of drug-likeness (QED) is 0.147. The van der Waals surface area contributed by atoms with Gasteiger partial charge in [0.05, 0.1) is 34.0 Å². The first-order chi connectivity index (χ1) is 22.8. The molecule has 11 heteroatoms. The van der Waals surface area contributed by atoms with Crippen LogP contribution in [0.25, 0.3) is 0 Å². The highest BCUT2D eigenvalue weighted by Crippen LogP contribution is 2.25. The van der Waals surface area contributed by atoms with Crippen molar-refractivity contribution in [1.29, 1.82) is 0 Å². The summed E-state index contributed by atoms with van der Waals surface area (Å²) >= 11 is 0. The third-order valence-corrected chi connectivity index (χ3v) is 7.37. The number of hydrogen-bond acceptors (Lipinski definition) is 9.